The zero-order valence-electron chi connectivity index (χ0n) is 9.60. The van der Waals surface area contributed by atoms with Crippen LogP contribution in [0.5, 0.6) is 5.75 Å². The third-order valence-electron chi connectivity index (χ3n) is 2.07. The van der Waals surface area contributed by atoms with Crippen LogP contribution >= 0.6 is 11.8 Å². The van der Waals surface area contributed by atoms with Gasteiger partial charge in [-0.1, -0.05) is 13.8 Å². The van der Waals surface area contributed by atoms with Gasteiger partial charge in [-0.3, -0.25) is 4.68 Å². The van der Waals surface area contributed by atoms with Gasteiger partial charge in [0.05, 0.1) is 13.3 Å². The van der Waals surface area contributed by atoms with E-state index in [1.54, 1.807) is 36.8 Å². The number of methoxy groups -OCH3 is 1. The van der Waals surface area contributed by atoms with E-state index in [2.05, 4.69) is 18.9 Å². The van der Waals surface area contributed by atoms with Crippen molar-refractivity contribution in [3.8, 4) is 5.75 Å². The van der Waals surface area contributed by atoms with Crippen LogP contribution in [0.25, 0.3) is 0 Å². The van der Waals surface area contributed by atoms with Gasteiger partial charge in [-0.15, -0.1) is 0 Å². The smallest absolute Gasteiger partial charge is 0.162 e. The first kappa shape index (κ1) is 12.4. The molecule has 0 bridgehead atoms. The number of thioether (sulfide) groups is 1. The maximum Gasteiger partial charge on any atom is 0.162 e. The Balaban J connectivity index is 2.71. The van der Waals surface area contributed by atoms with Gasteiger partial charge in [0.1, 0.15) is 11.8 Å². The van der Waals surface area contributed by atoms with Crippen LogP contribution in [-0.4, -0.2) is 33.0 Å². The average molecular weight is 230 g/mol. The molecule has 0 aliphatic heterocycles. The standard InChI is InChI=1S/C10H18N2O2S/c1-7(2)15-6-8(13)10-9(14-4)5-11-12(10)3/h5,7-8,13H,6H2,1-4H3. The molecule has 0 spiro atoms. The summed E-state index contributed by atoms with van der Waals surface area (Å²) in [6.07, 6.45) is 1.10. The molecule has 1 heterocycles. The van der Waals surface area contributed by atoms with Crippen molar-refractivity contribution in [2.45, 2.75) is 25.2 Å². The quantitative estimate of drug-likeness (QED) is 0.834. The Hall–Kier alpha value is -0.680. The normalized spacial score (nSPS) is 13.2. The molecule has 0 fully saturated rings. The minimum Gasteiger partial charge on any atom is -0.493 e. The van der Waals surface area contributed by atoms with Crippen LogP contribution in [0.3, 0.4) is 0 Å². The average Bonchev–Trinajstić information content (AvgIpc) is 2.56. The molecule has 1 aromatic rings. The first-order valence-corrected chi connectivity index (χ1v) is 5.96. The maximum absolute atomic E-state index is 9.99. The van der Waals surface area contributed by atoms with Crippen molar-refractivity contribution in [1.29, 1.82) is 0 Å². The molecule has 1 atom stereocenters. The first-order chi connectivity index (χ1) is 7.06. The van der Waals surface area contributed by atoms with E-state index in [1.807, 2.05) is 0 Å². The Kier molecular flexibility index (Phi) is 4.47. The molecule has 0 aliphatic rings. The van der Waals surface area contributed by atoms with Crippen LogP contribution in [0.4, 0.5) is 0 Å². The van der Waals surface area contributed by atoms with Gasteiger partial charge in [-0.2, -0.15) is 16.9 Å². The van der Waals surface area contributed by atoms with Crippen molar-refractivity contribution in [3.05, 3.63) is 11.9 Å². The number of rotatable bonds is 5. The number of aliphatic hydroxyl groups excluding tert-OH is 1. The van der Waals surface area contributed by atoms with Crippen LogP contribution in [-0.2, 0) is 7.05 Å². The lowest BCUT2D eigenvalue weighted by Gasteiger charge is -2.13. The molecule has 0 amide bonds. The van der Waals surface area contributed by atoms with Crippen LogP contribution in [0, 0.1) is 0 Å². The molecule has 1 unspecified atom stereocenters. The minimum atomic E-state index is -0.528. The number of nitrogens with zero attached hydrogens (tertiary/aromatic N) is 2. The molecule has 0 saturated heterocycles. The zero-order chi connectivity index (χ0) is 11.4. The summed E-state index contributed by atoms with van der Waals surface area (Å²) >= 11 is 1.72. The summed E-state index contributed by atoms with van der Waals surface area (Å²) < 4.78 is 6.80. The molecule has 4 nitrogen and oxygen atoms in total. The van der Waals surface area contributed by atoms with Crippen molar-refractivity contribution < 1.29 is 9.84 Å². The van der Waals surface area contributed by atoms with E-state index in [0.29, 0.717) is 16.8 Å². The Labute approximate surface area is 94.6 Å². The molecule has 1 aromatic heterocycles. The van der Waals surface area contributed by atoms with Gasteiger partial charge in [0.25, 0.3) is 0 Å². The molecule has 1 rings (SSSR count). The van der Waals surface area contributed by atoms with E-state index in [0.717, 1.165) is 5.69 Å². The Morgan fingerprint density at radius 1 is 1.60 bits per heavy atom. The van der Waals surface area contributed by atoms with Gasteiger partial charge in [-0.25, -0.2) is 0 Å². The van der Waals surface area contributed by atoms with Crippen molar-refractivity contribution in [1.82, 2.24) is 9.78 Å². The third-order valence-corrected chi connectivity index (χ3v) is 3.25. The van der Waals surface area contributed by atoms with Crippen molar-refractivity contribution in [2.75, 3.05) is 12.9 Å². The summed E-state index contributed by atoms with van der Waals surface area (Å²) in [5, 5.41) is 14.6. The largest absolute Gasteiger partial charge is 0.493 e. The summed E-state index contributed by atoms with van der Waals surface area (Å²) in [5.74, 6) is 1.31. The number of hydrogen-bond acceptors (Lipinski definition) is 4. The summed E-state index contributed by atoms with van der Waals surface area (Å²) in [7, 11) is 3.39. The van der Waals surface area contributed by atoms with Gasteiger partial charge in [0.15, 0.2) is 5.75 Å². The van der Waals surface area contributed by atoms with Gasteiger partial charge in [-0.05, 0) is 5.25 Å². The van der Waals surface area contributed by atoms with E-state index >= 15 is 0 Å². The van der Waals surface area contributed by atoms with Crippen LogP contribution in [0.1, 0.15) is 25.6 Å². The Morgan fingerprint density at radius 2 is 2.27 bits per heavy atom. The predicted molar refractivity (Wildman–Crippen MR) is 62.3 cm³/mol. The molecule has 1 N–H and O–H groups in total. The van der Waals surface area contributed by atoms with Crippen LogP contribution < -0.4 is 4.74 Å². The maximum atomic E-state index is 9.99. The van der Waals surface area contributed by atoms with Crippen molar-refractivity contribution in [3.63, 3.8) is 0 Å². The summed E-state index contributed by atoms with van der Waals surface area (Å²) in [6, 6.07) is 0. The molecule has 5 heteroatoms. The number of ether oxygens (including phenoxy) is 1. The molecule has 15 heavy (non-hydrogen) atoms. The van der Waals surface area contributed by atoms with Gasteiger partial charge in [0, 0.05) is 12.8 Å². The molecular formula is C10H18N2O2S. The number of aryl methyl sites for hydroxylation is 1. The monoisotopic (exact) mass is 230 g/mol. The second-order valence-corrected chi connectivity index (χ2v) is 5.23. The molecular weight excluding hydrogens is 212 g/mol. The zero-order valence-corrected chi connectivity index (χ0v) is 10.4. The fourth-order valence-corrected chi connectivity index (χ4v) is 2.05. The topological polar surface area (TPSA) is 47.3 Å². The second kappa shape index (κ2) is 5.42. The fourth-order valence-electron chi connectivity index (χ4n) is 1.33. The molecule has 0 saturated carbocycles. The Bertz CT molecular complexity index is 312. The summed E-state index contributed by atoms with van der Waals surface area (Å²) in [6.45, 7) is 4.22. The highest BCUT2D eigenvalue weighted by molar-refractivity contribution is 7.99. The highest BCUT2D eigenvalue weighted by Gasteiger charge is 2.18. The molecule has 0 aromatic carbocycles. The fraction of sp³-hybridized carbons (Fsp3) is 0.700. The lowest BCUT2D eigenvalue weighted by molar-refractivity contribution is 0.188. The number of aliphatic hydroxyl groups is 1. The van der Waals surface area contributed by atoms with E-state index in [1.165, 1.54) is 0 Å². The highest BCUT2D eigenvalue weighted by Crippen LogP contribution is 2.27. The third kappa shape index (κ3) is 3.14. The molecule has 0 radical (unpaired) electrons. The van der Waals surface area contributed by atoms with E-state index in [4.69, 9.17) is 4.74 Å². The first-order valence-electron chi connectivity index (χ1n) is 4.91. The van der Waals surface area contributed by atoms with Crippen molar-refractivity contribution in [2.24, 2.45) is 7.05 Å². The van der Waals surface area contributed by atoms with Gasteiger partial charge >= 0.3 is 0 Å². The lowest BCUT2D eigenvalue weighted by atomic mass is 10.2. The van der Waals surface area contributed by atoms with E-state index in [9.17, 15) is 5.11 Å². The van der Waals surface area contributed by atoms with Crippen LogP contribution in [0.2, 0.25) is 0 Å². The summed E-state index contributed by atoms with van der Waals surface area (Å²) in [4.78, 5) is 0. The molecule has 86 valence electrons. The minimum absolute atomic E-state index is 0.513. The molecule has 0 aliphatic carbocycles. The summed E-state index contributed by atoms with van der Waals surface area (Å²) in [5.41, 5.74) is 0.741. The second-order valence-electron chi connectivity index (χ2n) is 3.62. The number of aromatic nitrogens is 2. The van der Waals surface area contributed by atoms with Crippen LogP contribution in [0.15, 0.2) is 6.20 Å². The lowest BCUT2D eigenvalue weighted by Crippen LogP contribution is -2.10. The van der Waals surface area contributed by atoms with Gasteiger partial charge < -0.3 is 9.84 Å². The van der Waals surface area contributed by atoms with E-state index < -0.39 is 6.10 Å². The van der Waals surface area contributed by atoms with Crippen molar-refractivity contribution >= 4 is 11.8 Å². The van der Waals surface area contributed by atoms with E-state index in [-0.39, 0.29) is 0 Å². The Morgan fingerprint density at radius 3 is 2.80 bits per heavy atom. The highest BCUT2D eigenvalue weighted by atomic mass is 32.2. The van der Waals surface area contributed by atoms with Gasteiger partial charge in [0.2, 0.25) is 0 Å². The predicted octanol–water partition coefficient (Wildman–Crippen LogP) is 1.60. The number of hydrogen-bond donors (Lipinski definition) is 1. The SMILES string of the molecule is COc1cnn(C)c1C(O)CSC(C)C.